The van der Waals surface area contributed by atoms with Gasteiger partial charge in [-0.15, -0.1) is 10.2 Å². The summed E-state index contributed by atoms with van der Waals surface area (Å²) in [5.41, 5.74) is 3.37. The summed E-state index contributed by atoms with van der Waals surface area (Å²) in [5.74, 6) is -0.102. The molecule has 0 fully saturated rings. The number of halogens is 1. The van der Waals surface area contributed by atoms with Gasteiger partial charge in [-0.1, -0.05) is 50.6 Å². The number of aryl methyl sites for hydroxylation is 1. The molecule has 1 heterocycles. The van der Waals surface area contributed by atoms with Crippen LogP contribution < -0.4 is 5.32 Å². The minimum Gasteiger partial charge on any atom is -0.324 e. The first-order valence-electron chi connectivity index (χ1n) is 7.70. The summed E-state index contributed by atoms with van der Waals surface area (Å²) in [6, 6.07) is 11.3. The van der Waals surface area contributed by atoms with Crippen LogP contribution in [-0.4, -0.2) is 20.9 Å². The minimum atomic E-state index is -0.503. The fraction of sp³-hybridized carbons (Fsp3) is 0.278. The molecule has 3 rings (SSSR count). The Morgan fingerprint density at radius 1 is 1.12 bits per heavy atom. The van der Waals surface area contributed by atoms with Crippen LogP contribution in [0.3, 0.4) is 0 Å². The molecule has 0 aliphatic rings. The molecule has 0 radical (unpaired) electrons. The van der Waals surface area contributed by atoms with E-state index in [1.807, 2.05) is 52.0 Å². The molecule has 24 heavy (non-hydrogen) atoms. The SMILES string of the molecule is Cc1ccccc1-n1nc2cc(Cl)c(NC(=O)C(C)(C)C)cc2n1. The Labute approximate surface area is 145 Å². The number of hydrogen-bond donors (Lipinski definition) is 1. The summed E-state index contributed by atoms with van der Waals surface area (Å²) in [5, 5.41) is 12.3. The number of benzene rings is 2. The molecule has 124 valence electrons. The van der Waals surface area contributed by atoms with Crippen molar-refractivity contribution in [3.8, 4) is 5.69 Å². The van der Waals surface area contributed by atoms with Crippen LogP contribution >= 0.6 is 11.6 Å². The predicted molar refractivity (Wildman–Crippen MR) is 96.7 cm³/mol. The molecule has 0 unspecified atom stereocenters. The van der Waals surface area contributed by atoms with Crippen molar-refractivity contribution >= 4 is 34.2 Å². The molecule has 0 bridgehead atoms. The van der Waals surface area contributed by atoms with E-state index in [1.54, 1.807) is 16.9 Å². The van der Waals surface area contributed by atoms with Crippen molar-refractivity contribution in [2.45, 2.75) is 27.7 Å². The lowest BCUT2D eigenvalue weighted by Crippen LogP contribution is -2.27. The van der Waals surface area contributed by atoms with Crippen molar-refractivity contribution in [2.24, 2.45) is 5.41 Å². The number of nitrogens with one attached hydrogen (secondary N) is 1. The highest BCUT2D eigenvalue weighted by atomic mass is 35.5. The standard InChI is InChI=1S/C18H19ClN4O/c1-11-7-5-6-8-16(11)23-21-14-9-12(19)13(10-15(14)22-23)20-17(24)18(2,3)4/h5-10H,1-4H3,(H,20,24). The smallest absolute Gasteiger partial charge is 0.229 e. The fourth-order valence-corrected chi connectivity index (χ4v) is 2.44. The lowest BCUT2D eigenvalue weighted by Gasteiger charge is -2.18. The lowest BCUT2D eigenvalue weighted by atomic mass is 9.95. The number of carbonyl (C=O) groups is 1. The van der Waals surface area contributed by atoms with E-state index >= 15 is 0 Å². The molecule has 1 aromatic heterocycles. The Morgan fingerprint density at radius 2 is 1.75 bits per heavy atom. The maximum absolute atomic E-state index is 12.2. The Hall–Kier alpha value is -2.40. The zero-order chi connectivity index (χ0) is 17.5. The van der Waals surface area contributed by atoms with Gasteiger partial charge in [-0.05, 0) is 30.7 Å². The Morgan fingerprint density at radius 3 is 2.38 bits per heavy atom. The zero-order valence-electron chi connectivity index (χ0n) is 14.1. The van der Waals surface area contributed by atoms with Gasteiger partial charge in [0.25, 0.3) is 0 Å². The van der Waals surface area contributed by atoms with Gasteiger partial charge in [-0.2, -0.15) is 4.80 Å². The monoisotopic (exact) mass is 342 g/mol. The van der Waals surface area contributed by atoms with Crippen LogP contribution in [0.2, 0.25) is 5.02 Å². The van der Waals surface area contributed by atoms with Crippen molar-refractivity contribution in [1.29, 1.82) is 0 Å². The first kappa shape index (κ1) is 16.5. The molecule has 3 aromatic rings. The first-order chi connectivity index (χ1) is 11.3. The normalized spacial score (nSPS) is 11.7. The maximum Gasteiger partial charge on any atom is 0.229 e. The molecular weight excluding hydrogens is 324 g/mol. The van der Waals surface area contributed by atoms with Crippen LogP contribution in [0.5, 0.6) is 0 Å². The molecule has 2 aromatic carbocycles. The van der Waals surface area contributed by atoms with E-state index in [-0.39, 0.29) is 5.91 Å². The molecule has 0 saturated heterocycles. The van der Waals surface area contributed by atoms with E-state index in [4.69, 9.17) is 11.6 Å². The number of amides is 1. The third kappa shape index (κ3) is 3.12. The van der Waals surface area contributed by atoms with Gasteiger partial charge in [-0.25, -0.2) is 0 Å². The highest BCUT2D eigenvalue weighted by Gasteiger charge is 2.22. The van der Waals surface area contributed by atoms with Gasteiger partial charge in [-0.3, -0.25) is 4.79 Å². The van der Waals surface area contributed by atoms with Crippen LogP contribution in [0.15, 0.2) is 36.4 Å². The van der Waals surface area contributed by atoms with Crippen molar-refractivity contribution in [2.75, 3.05) is 5.32 Å². The maximum atomic E-state index is 12.2. The van der Waals surface area contributed by atoms with Crippen LogP contribution in [0.25, 0.3) is 16.7 Å². The molecule has 0 aliphatic carbocycles. The van der Waals surface area contributed by atoms with Gasteiger partial charge in [0.2, 0.25) is 5.91 Å². The third-order valence-electron chi connectivity index (χ3n) is 3.73. The van der Waals surface area contributed by atoms with Gasteiger partial charge in [0.1, 0.15) is 11.0 Å². The second-order valence-electron chi connectivity index (χ2n) is 6.80. The summed E-state index contributed by atoms with van der Waals surface area (Å²) in [7, 11) is 0. The van der Waals surface area contributed by atoms with E-state index in [0.29, 0.717) is 21.7 Å². The quantitative estimate of drug-likeness (QED) is 0.752. The number of hydrogen-bond acceptors (Lipinski definition) is 3. The lowest BCUT2D eigenvalue weighted by molar-refractivity contribution is -0.123. The third-order valence-corrected chi connectivity index (χ3v) is 4.04. The largest absolute Gasteiger partial charge is 0.324 e. The molecular formula is C18H19ClN4O. The number of fused-ring (bicyclic) bond motifs is 1. The van der Waals surface area contributed by atoms with Crippen LogP contribution in [0.4, 0.5) is 5.69 Å². The number of anilines is 1. The summed E-state index contributed by atoms with van der Waals surface area (Å²) in [4.78, 5) is 13.8. The summed E-state index contributed by atoms with van der Waals surface area (Å²) < 4.78 is 0. The average molecular weight is 343 g/mol. The van der Waals surface area contributed by atoms with E-state index in [9.17, 15) is 4.79 Å². The summed E-state index contributed by atoms with van der Waals surface area (Å²) in [6.45, 7) is 7.56. The van der Waals surface area contributed by atoms with Crippen molar-refractivity contribution in [1.82, 2.24) is 15.0 Å². The van der Waals surface area contributed by atoms with Crippen LogP contribution in [-0.2, 0) is 4.79 Å². The van der Waals surface area contributed by atoms with Gasteiger partial charge < -0.3 is 5.32 Å². The highest BCUT2D eigenvalue weighted by Crippen LogP contribution is 2.28. The molecule has 1 amide bonds. The molecule has 0 atom stereocenters. The Kier molecular flexibility index (Phi) is 4.05. The van der Waals surface area contributed by atoms with Gasteiger partial charge in [0.05, 0.1) is 16.4 Å². The number of para-hydroxylation sites is 1. The molecule has 1 N–H and O–H groups in total. The highest BCUT2D eigenvalue weighted by molar-refractivity contribution is 6.34. The second kappa shape index (κ2) is 5.91. The van der Waals surface area contributed by atoms with E-state index in [1.165, 1.54) is 0 Å². The van der Waals surface area contributed by atoms with Crippen LogP contribution in [0, 0.1) is 12.3 Å². The van der Waals surface area contributed by atoms with E-state index in [2.05, 4.69) is 15.5 Å². The van der Waals surface area contributed by atoms with Crippen molar-refractivity contribution in [3.63, 3.8) is 0 Å². The topological polar surface area (TPSA) is 59.8 Å². The van der Waals surface area contributed by atoms with Crippen molar-refractivity contribution in [3.05, 3.63) is 47.0 Å². The number of rotatable bonds is 2. The zero-order valence-corrected chi connectivity index (χ0v) is 14.8. The van der Waals surface area contributed by atoms with E-state index in [0.717, 1.165) is 11.3 Å². The number of carbonyl (C=O) groups excluding carboxylic acids is 1. The average Bonchev–Trinajstić information content (AvgIpc) is 2.89. The summed E-state index contributed by atoms with van der Waals surface area (Å²) in [6.07, 6.45) is 0. The molecule has 0 spiro atoms. The van der Waals surface area contributed by atoms with Gasteiger partial charge in [0, 0.05) is 5.41 Å². The van der Waals surface area contributed by atoms with Crippen LogP contribution in [0.1, 0.15) is 26.3 Å². The number of aromatic nitrogens is 3. The minimum absolute atomic E-state index is 0.102. The Balaban J connectivity index is 2.03. The predicted octanol–water partition coefficient (Wildman–Crippen LogP) is 4.37. The van der Waals surface area contributed by atoms with E-state index < -0.39 is 5.41 Å². The molecule has 5 nitrogen and oxygen atoms in total. The number of nitrogens with zero attached hydrogens (tertiary/aromatic N) is 3. The van der Waals surface area contributed by atoms with Gasteiger partial charge >= 0.3 is 0 Å². The van der Waals surface area contributed by atoms with Crippen molar-refractivity contribution < 1.29 is 4.79 Å². The van der Waals surface area contributed by atoms with Gasteiger partial charge in [0.15, 0.2) is 0 Å². The second-order valence-corrected chi connectivity index (χ2v) is 7.21. The Bertz CT molecular complexity index is 924. The first-order valence-corrected chi connectivity index (χ1v) is 8.07. The molecule has 0 aliphatic heterocycles. The fourth-order valence-electron chi connectivity index (χ4n) is 2.24. The molecule has 0 saturated carbocycles. The summed E-state index contributed by atoms with van der Waals surface area (Å²) >= 11 is 6.29. The molecule has 6 heteroatoms.